The van der Waals surface area contributed by atoms with Gasteiger partial charge in [0.1, 0.15) is 23.9 Å². The minimum atomic E-state index is -1.40. The Morgan fingerprint density at radius 1 is 1.00 bits per heavy atom. The quantitative estimate of drug-likeness (QED) is 0.266. The molecule has 3 heterocycles. The fourth-order valence-corrected chi connectivity index (χ4v) is 5.85. The predicted octanol–water partition coefficient (Wildman–Crippen LogP) is 0.381. The molecular weight excluding hydrogens is 627 g/mol. The van der Waals surface area contributed by atoms with Crippen LogP contribution in [0.3, 0.4) is 0 Å². The predicted molar refractivity (Wildman–Crippen MR) is 170 cm³/mol. The van der Waals surface area contributed by atoms with Crippen molar-refractivity contribution in [2.75, 3.05) is 13.1 Å². The van der Waals surface area contributed by atoms with Gasteiger partial charge in [-0.05, 0) is 68.7 Å². The second-order valence-corrected chi connectivity index (χ2v) is 12.2. The number of halogens is 1. The number of carboxylic acids is 1. The van der Waals surface area contributed by atoms with Crippen molar-refractivity contribution < 1.29 is 38.3 Å². The highest BCUT2D eigenvalue weighted by atomic mass is 19.1. The third-order valence-electron chi connectivity index (χ3n) is 8.50. The average molecular weight is 669 g/mol. The molecule has 0 aliphatic carbocycles. The molecule has 5 N–H and O–H groups in total. The van der Waals surface area contributed by atoms with E-state index in [1.54, 1.807) is 12.1 Å². The molecule has 5 amide bonds. The highest BCUT2D eigenvalue weighted by Crippen LogP contribution is 2.22. The van der Waals surface area contributed by atoms with E-state index < -0.39 is 53.8 Å². The number of fused-ring (bicyclic) bond motifs is 1. The molecule has 4 rings (SSSR count). The lowest BCUT2D eigenvalue weighted by molar-refractivity contribution is -0.145. The molecular formula is C33H41FN6O8. The SMILES string of the molecule is Cn1cc(C(=O)N[C@@H]2C[C@H]3C(=O)N[C@H](C(=O)O)CCC(=O)NCCCC[C@H](NC(=O)CCCc4ccc(F)cc4)C(=O)N3C2)ccc1=O. The zero-order valence-electron chi connectivity index (χ0n) is 26.7. The monoisotopic (exact) mass is 668 g/mol. The van der Waals surface area contributed by atoms with Gasteiger partial charge in [0.05, 0.1) is 5.56 Å². The Kier molecular flexibility index (Phi) is 12.4. The summed E-state index contributed by atoms with van der Waals surface area (Å²) in [5.74, 6) is -4.35. The maximum Gasteiger partial charge on any atom is 0.326 e. The molecule has 2 fully saturated rings. The normalized spacial score (nSPS) is 22.4. The molecule has 1 aromatic heterocycles. The van der Waals surface area contributed by atoms with E-state index in [0.29, 0.717) is 25.7 Å². The lowest BCUT2D eigenvalue weighted by Gasteiger charge is -2.29. The van der Waals surface area contributed by atoms with Gasteiger partial charge < -0.3 is 35.8 Å². The first kappa shape index (κ1) is 35.8. The molecule has 258 valence electrons. The summed E-state index contributed by atoms with van der Waals surface area (Å²) in [6, 6.07) is 4.22. The zero-order chi connectivity index (χ0) is 34.8. The molecule has 48 heavy (non-hydrogen) atoms. The lowest BCUT2D eigenvalue weighted by Crippen LogP contribution is -2.55. The van der Waals surface area contributed by atoms with E-state index in [0.717, 1.165) is 5.56 Å². The number of carboxylic acid groups (broad SMARTS) is 1. The molecule has 1 aromatic carbocycles. The summed E-state index contributed by atoms with van der Waals surface area (Å²) < 4.78 is 14.5. The Balaban J connectivity index is 1.53. The van der Waals surface area contributed by atoms with Gasteiger partial charge in [-0.1, -0.05) is 12.1 Å². The van der Waals surface area contributed by atoms with Crippen molar-refractivity contribution in [3.8, 4) is 0 Å². The number of hydrogen-bond donors (Lipinski definition) is 5. The summed E-state index contributed by atoms with van der Waals surface area (Å²) in [5, 5.41) is 20.5. The Hall–Kier alpha value is -5.08. The third-order valence-corrected chi connectivity index (χ3v) is 8.50. The van der Waals surface area contributed by atoms with Crippen LogP contribution >= 0.6 is 0 Å². The number of amides is 5. The summed E-state index contributed by atoms with van der Waals surface area (Å²) in [6.45, 7) is 0.185. The Labute approximate surface area is 276 Å². The molecule has 0 unspecified atom stereocenters. The largest absolute Gasteiger partial charge is 0.480 e. The number of aliphatic carboxylic acids is 1. The standard InChI is InChI=1S/C33H41FN6O8/c1-39-18-21(10-15-29(39)43)30(44)36-23-17-26-31(45)38-25(33(47)48)13-14-27(41)35-16-3-2-6-24(32(46)40(26)19-23)37-28(42)7-4-5-20-8-11-22(34)12-9-20/h8-12,15,18,23-26H,2-7,13-14,16-17,19H2,1H3,(H,35,41)(H,36,44)(H,37,42)(H,38,45)(H,47,48)/t23-,24+,25+,26+/m1/s1. The van der Waals surface area contributed by atoms with Crippen LogP contribution in [0.1, 0.15) is 67.3 Å². The molecule has 2 aromatic rings. The molecule has 0 spiro atoms. The Morgan fingerprint density at radius 3 is 2.46 bits per heavy atom. The number of nitrogens with zero attached hydrogens (tertiary/aromatic N) is 2. The van der Waals surface area contributed by atoms with Crippen LogP contribution in [0.15, 0.2) is 47.4 Å². The maximum absolute atomic E-state index is 14.1. The number of rotatable bonds is 8. The van der Waals surface area contributed by atoms with Crippen LogP contribution in [0.5, 0.6) is 0 Å². The molecule has 2 aliphatic heterocycles. The van der Waals surface area contributed by atoms with Crippen molar-refractivity contribution in [2.45, 2.75) is 82.0 Å². The first-order chi connectivity index (χ1) is 22.9. The smallest absolute Gasteiger partial charge is 0.326 e. The van der Waals surface area contributed by atoms with E-state index in [4.69, 9.17) is 0 Å². The van der Waals surface area contributed by atoms with Crippen LogP contribution in [-0.2, 0) is 37.4 Å². The van der Waals surface area contributed by atoms with Gasteiger partial charge >= 0.3 is 5.97 Å². The number of pyridine rings is 1. The first-order valence-corrected chi connectivity index (χ1v) is 16.0. The van der Waals surface area contributed by atoms with Gasteiger partial charge in [0.15, 0.2) is 0 Å². The number of aromatic nitrogens is 1. The van der Waals surface area contributed by atoms with Gasteiger partial charge in [-0.25, -0.2) is 9.18 Å². The van der Waals surface area contributed by atoms with Crippen LogP contribution in [-0.4, -0.2) is 87.3 Å². The van der Waals surface area contributed by atoms with E-state index in [1.165, 1.54) is 47.0 Å². The highest BCUT2D eigenvalue weighted by molar-refractivity contribution is 5.96. The summed E-state index contributed by atoms with van der Waals surface area (Å²) in [6.07, 6.45) is 3.18. The molecule has 2 aliphatic rings. The second kappa shape index (κ2) is 16.7. The molecule has 0 bridgehead atoms. The number of carbonyl (C=O) groups excluding carboxylic acids is 5. The minimum Gasteiger partial charge on any atom is -0.480 e. The first-order valence-electron chi connectivity index (χ1n) is 16.0. The van der Waals surface area contributed by atoms with Gasteiger partial charge in [0.2, 0.25) is 29.2 Å². The van der Waals surface area contributed by atoms with E-state index >= 15 is 0 Å². The zero-order valence-corrected chi connectivity index (χ0v) is 26.7. The van der Waals surface area contributed by atoms with E-state index in [2.05, 4.69) is 21.3 Å². The maximum atomic E-state index is 14.1. The van der Waals surface area contributed by atoms with Crippen LogP contribution in [0.2, 0.25) is 0 Å². The summed E-state index contributed by atoms with van der Waals surface area (Å²) in [7, 11) is 1.49. The number of carbonyl (C=O) groups is 6. The van der Waals surface area contributed by atoms with Crippen LogP contribution in [0.25, 0.3) is 0 Å². The van der Waals surface area contributed by atoms with Gasteiger partial charge in [-0.15, -0.1) is 0 Å². The lowest BCUT2D eigenvalue weighted by atomic mass is 10.1. The fourth-order valence-electron chi connectivity index (χ4n) is 5.85. The van der Waals surface area contributed by atoms with Gasteiger partial charge in [0, 0.05) is 51.3 Å². The number of aryl methyl sites for hydroxylation is 2. The third kappa shape index (κ3) is 9.96. The molecule has 2 saturated heterocycles. The highest BCUT2D eigenvalue weighted by Gasteiger charge is 2.43. The van der Waals surface area contributed by atoms with E-state index in [1.807, 2.05) is 0 Å². The van der Waals surface area contributed by atoms with Crippen LogP contribution < -0.4 is 26.8 Å². The van der Waals surface area contributed by atoms with Crippen molar-refractivity contribution in [1.82, 2.24) is 30.7 Å². The van der Waals surface area contributed by atoms with Crippen molar-refractivity contribution in [3.63, 3.8) is 0 Å². The van der Waals surface area contributed by atoms with Gasteiger partial charge in [-0.2, -0.15) is 0 Å². The Bertz CT molecular complexity index is 1580. The van der Waals surface area contributed by atoms with Gasteiger partial charge in [-0.3, -0.25) is 28.8 Å². The fraction of sp³-hybridized carbons (Fsp3) is 0.485. The summed E-state index contributed by atoms with van der Waals surface area (Å²) in [5.41, 5.74) is 0.731. The van der Waals surface area contributed by atoms with Crippen molar-refractivity contribution in [1.29, 1.82) is 0 Å². The minimum absolute atomic E-state index is 0.0414. The number of nitrogens with one attached hydrogen (secondary N) is 4. The van der Waals surface area contributed by atoms with Crippen molar-refractivity contribution in [3.05, 3.63) is 69.9 Å². The summed E-state index contributed by atoms with van der Waals surface area (Å²) >= 11 is 0. The molecule has 0 radical (unpaired) electrons. The van der Waals surface area contributed by atoms with E-state index in [-0.39, 0.29) is 68.0 Å². The van der Waals surface area contributed by atoms with Crippen LogP contribution in [0.4, 0.5) is 4.39 Å². The summed E-state index contributed by atoms with van der Waals surface area (Å²) in [4.78, 5) is 91.1. The topological polar surface area (TPSA) is 196 Å². The van der Waals surface area contributed by atoms with Crippen molar-refractivity contribution in [2.24, 2.45) is 7.05 Å². The molecule has 15 heteroatoms. The number of benzene rings is 1. The molecule has 4 atom stereocenters. The molecule has 0 saturated carbocycles. The van der Waals surface area contributed by atoms with Gasteiger partial charge in [0.25, 0.3) is 5.91 Å². The number of hydrogen-bond acceptors (Lipinski definition) is 7. The Morgan fingerprint density at radius 2 is 1.75 bits per heavy atom. The van der Waals surface area contributed by atoms with Crippen LogP contribution in [0, 0.1) is 5.82 Å². The van der Waals surface area contributed by atoms with E-state index in [9.17, 15) is 43.1 Å². The molecule has 14 nitrogen and oxygen atoms in total. The second-order valence-electron chi connectivity index (χ2n) is 12.2. The van der Waals surface area contributed by atoms with Crippen molar-refractivity contribution >= 4 is 35.5 Å². The average Bonchev–Trinajstić information content (AvgIpc) is 3.47.